The molecular formula is C33H39Cl2F2N5O5. The van der Waals surface area contributed by atoms with Crippen LogP contribution in [0.4, 0.5) is 19.4 Å². The number of nitrogens with one attached hydrogen (secondary N) is 2. The molecule has 14 heteroatoms. The number of nitriles is 1. The maximum absolute atomic E-state index is 15.8. The van der Waals surface area contributed by atoms with Gasteiger partial charge in [-0.1, -0.05) is 62.2 Å². The van der Waals surface area contributed by atoms with Crippen LogP contribution in [0.5, 0.6) is 0 Å². The standard InChI is InChI=1S/C33H39Cl2F2N5O5/c1-31(2,3)14-25-33(17-38,22-10-9-19(34)13-24(22)36)27(21-7-6-8-23(35)28(21)37)29(39-25)47-30(45)40-26-11-12-42(41-26)18-32(4,5)46-16-20(44)15-43/h6-13,20,25,27,29,39,43-44H,14-16,18H2,1-5H3,(H,40,41,45)/t20-,25-,27-,29+,33-/m0/s1. The fourth-order valence-electron chi connectivity index (χ4n) is 5.95. The predicted octanol–water partition coefficient (Wildman–Crippen LogP) is 6.14. The van der Waals surface area contributed by atoms with Gasteiger partial charge in [-0.2, -0.15) is 10.4 Å². The minimum Gasteiger partial charge on any atom is -0.429 e. The molecule has 47 heavy (non-hydrogen) atoms. The Bertz CT molecular complexity index is 1630. The molecule has 1 saturated heterocycles. The lowest BCUT2D eigenvalue weighted by atomic mass is 9.63. The van der Waals surface area contributed by atoms with Crippen molar-refractivity contribution in [2.45, 2.75) is 82.9 Å². The van der Waals surface area contributed by atoms with Gasteiger partial charge < -0.3 is 19.7 Å². The molecule has 2 aromatic carbocycles. The summed E-state index contributed by atoms with van der Waals surface area (Å²) in [6.07, 6.45) is -1.37. The van der Waals surface area contributed by atoms with Gasteiger partial charge in [-0.25, -0.2) is 13.6 Å². The maximum atomic E-state index is 15.8. The molecule has 3 aromatic rings. The van der Waals surface area contributed by atoms with Crippen LogP contribution in [0.25, 0.3) is 0 Å². The van der Waals surface area contributed by atoms with Crippen molar-refractivity contribution in [1.82, 2.24) is 15.1 Å². The minimum atomic E-state index is -1.77. The van der Waals surface area contributed by atoms with Gasteiger partial charge in [-0.05, 0) is 49.4 Å². The Morgan fingerprint density at radius 2 is 1.94 bits per heavy atom. The number of aliphatic hydroxyl groups excluding tert-OH is 2. The highest BCUT2D eigenvalue weighted by Gasteiger charge is 2.61. The number of benzene rings is 2. The van der Waals surface area contributed by atoms with Crippen molar-refractivity contribution in [1.29, 1.82) is 5.26 Å². The molecule has 1 aliphatic heterocycles. The summed E-state index contributed by atoms with van der Waals surface area (Å²) in [5.74, 6) is -2.70. The molecule has 0 bridgehead atoms. The zero-order chi connectivity index (χ0) is 34.7. The van der Waals surface area contributed by atoms with Gasteiger partial charge in [0.05, 0.1) is 42.4 Å². The number of rotatable bonds is 11. The molecule has 4 rings (SSSR count). The lowest BCUT2D eigenvalue weighted by molar-refractivity contribution is -0.0789. The fourth-order valence-corrected chi connectivity index (χ4v) is 6.29. The van der Waals surface area contributed by atoms with E-state index in [4.69, 9.17) is 37.8 Å². The van der Waals surface area contributed by atoms with Gasteiger partial charge in [-0.15, -0.1) is 0 Å². The van der Waals surface area contributed by atoms with Gasteiger partial charge in [0.1, 0.15) is 23.2 Å². The zero-order valence-corrected chi connectivity index (χ0v) is 28.2. The Morgan fingerprint density at radius 3 is 2.57 bits per heavy atom. The third-order valence-corrected chi connectivity index (χ3v) is 8.46. The molecule has 1 aliphatic rings. The Hall–Kier alpha value is -3.31. The topological polar surface area (TPSA) is 142 Å². The molecule has 5 atom stereocenters. The third-order valence-electron chi connectivity index (χ3n) is 7.93. The molecule has 1 amide bonds. The number of anilines is 1. The first kappa shape index (κ1) is 36.5. The van der Waals surface area contributed by atoms with Crippen molar-refractivity contribution in [3.8, 4) is 6.07 Å². The van der Waals surface area contributed by atoms with Gasteiger partial charge in [-0.3, -0.25) is 15.3 Å². The SMILES string of the molecule is CC(C)(C)C[C@@H]1N[C@H](OC(=O)Nc2ccn(CC(C)(C)OC[C@@H](O)CO)n2)[C@H](c2cccc(Cl)c2F)[C@@]1(C#N)c1ccc(Cl)cc1F. The second-order valence-electron chi connectivity index (χ2n) is 13.5. The number of aromatic nitrogens is 2. The minimum absolute atomic E-state index is 0.0304. The van der Waals surface area contributed by atoms with Crippen LogP contribution in [-0.2, 0) is 21.4 Å². The molecule has 4 N–H and O–H groups in total. The summed E-state index contributed by atoms with van der Waals surface area (Å²) >= 11 is 12.3. The molecule has 254 valence electrons. The van der Waals surface area contributed by atoms with E-state index in [1.807, 2.05) is 20.8 Å². The Balaban J connectivity index is 1.68. The first-order valence-corrected chi connectivity index (χ1v) is 15.8. The molecule has 0 saturated carbocycles. The first-order chi connectivity index (χ1) is 22.0. The van der Waals surface area contributed by atoms with Crippen molar-refractivity contribution in [2.24, 2.45) is 5.41 Å². The molecule has 0 radical (unpaired) electrons. The zero-order valence-electron chi connectivity index (χ0n) is 26.7. The lowest BCUT2D eigenvalue weighted by Crippen LogP contribution is -2.44. The Labute approximate surface area is 282 Å². The predicted molar refractivity (Wildman–Crippen MR) is 173 cm³/mol. The number of halogens is 4. The largest absolute Gasteiger partial charge is 0.429 e. The summed E-state index contributed by atoms with van der Waals surface area (Å²) in [5.41, 5.74) is -3.00. The van der Waals surface area contributed by atoms with E-state index in [2.05, 4.69) is 21.8 Å². The fraction of sp³-hybridized carbons (Fsp3) is 0.485. The summed E-state index contributed by atoms with van der Waals surface area (Å²) in [6, 6.07) is 11.3. The lowest BCUT2D eigenvalue weighted by Gasteiger charge is -2.37. The number of nitrogens with zero attached hydrogens (tertiary/aromatic N) is 3. The van der Waals surface area contributed by atoms with Gasteiger partial charge >= 0.3 is 6.09 Å². The average molecular weight is 695 g/mol. The van der Waals surface area contributed by atoms with Crippen molar-refractivity contribution < 1.29 is 33.3 Å². The highest BCUT2D eigenvalue weighted by atomic mass is 35.5. The summed E-state index contributed by atoms with van der Waals surface area (Å²) in [7, 11) is 0. The van der Waals surface area contributed by atoms with Crippen LogP contribution in [0.15, 0.2) is 48.7 Å². The molecule has 0 aliphatic carbocycles. The number of aliphatic hydroxyl groups is 2. The van der Waals surface area contributed by atoms with Crippen molar-refractivity contribution in [2.75, 3.05) is 18.5 Å². The van der Waals surface area contributed by atoms with Crippen LogP contribution >= 0.6 is 23.2 Å². The highest BCUT2D eigenvalue weighted by molar-refractivity contribution is 6.31. The molecule has 0 unspecified atom stereocenters. The van der Waals surface area contributed by atoms with Crippen molar-refractivity contribution >= 4 is 35.1 Å². The van der Waals surface area contributed by atoms with E-state index in [1.54, 1.807) is 20.0 Å². The van der Waals surface area contributed by atoms with E-state index in [9.17, 15) is 15.2 Å². The maximum Gasteiger partial charge on any atom is 0.414 e. The number of carbonyl (C=O) groups excluding carboxylic acids is 1. The third kappa shape index (κ3) is 8.41. The quantitative estimate of drug-likeness (QED) is 0.188. The smallest absolute Gasteiger partial charge is 0.414 e. The van der Waals surface area contributed by atoms with Gasteiger partial charge in [0.25, 0.3) is 0 Å². The van der Waals surface area contributed by atoms with Crippen LogP contribution in [0.1, 0.15) is 58.1 Å². The number of hydrogen-bond acceptors (Lipinski definition) is 8. The van der Waals surface area contributed by atoms with Gasteiger partial charge in [0, 0.05) is 28.9 Å². The Morgan fingerprint density at radius 1 is 1.21 bits per heavy atom. The Kier molecular flexibility index (Phi) is 11.2. The van der Waals surface area contributed by atoms with E-state index in [-0.39, 0.29) is 40.1 Å². The van der Waals surface area contributed by atoms with E-state index < -0.39 is 65.1 Å². The van der Waals surface area contributed by atoms with Gasteiger partial charge in [0.2, 0.25) is 0 Å². The van der Waals surface area contributed by atoms with Crippen LogP contribution < -0.4 is 10.6 Å². The van der Waals surface area contributed by atoms with E-state index in [0.29, 0.717) is 6.42 Å². The second kappa shape index (κ2) is 14.4. The first-order valence-electron chi connectivity index (χ1n) is 15.0. The van der Waals surface area contributed by atoms with E-state index in [1.165, 1.54) is 41.1 Å². The van der Waals surface area contributed by atoms with E-state index >= 15 is 8.78 Å². The van der Waals surface area contributed by atoms with Crippen molar-refractivity contribution in [3.63, 3.8) is 0 Å². The van der Waals surface area contributed by atoms with E-state index in [0.717, 1.165) is 6.07 Å². The van der Waals surface area contributed by atoms with Crippen LogP contribution in [0.3, 0.4) is 0 Å². The summed E-state index contributed by atoms with van der Waals surface area (Å²) in [4.78, 5) is 13.3. The highest BCUT2D eigenvalue weighted by Crippen LogP contribution is 2.53. The molecule has 10 nitrogen and oxygen atoms in total. The van der Waals surface area contributed by atoms with Crippen molar-refractivity contribution in [3.05, 3.63) is 81.5 Å². The van der Waals surface area contributed by atoms with Crippen LogP contribution in [-0.4, -0.2) is 63.3 Å². The second-order valence-corrected chi connectivity index (χ2v) is 14.3. The van der Waals surface area contributed by atoms with Crippen LogP contribution in [0, 0.1) is 28.4 Å². The number of amides is 1. The summed E-state index contributed by atoms with van der Waals surface area (Å²) in [5, 5.41) is 39.6. The van der Waals surface area contributed by atoms with Crippen LogP contribution in [0.2, 0.25) is 10.0 Å². The molecule has 1 fully saturated rings. The summed E-state index contributed by atoms with van der Waals surface area (Å²) in [6.45, 7) is 9.13. The molecule has 1 aromatic heterocycles. The number of hydrogen-bond donors (Lipinski definition) is 4. The number of carbonyl (C=O) groups is 1. The molecular weight excluding hydrogens is 655 g/mol. The monoisotopic (exact) mass is 693 g/mol. The average Bonchev–Trinajstić information content (AvgIpc) is 3.53. The number of ether oxygens (including phenoxy) is 2. The molecule has 0 spiro atoms. The normalized spacial score (nSPS) is 22.1. The molecule has 2 heterocycles. The summed E-state index contributed by atoms with van der Waals surface area (Å²) < 4.78 is 44.6. The van der Waals surface area contributed by atoms with Gasteiger partial charge in [0.15, 0.2) is 12.0 Å².